The molecule has 1 aromatic rings. The van der Waals surface area contributed by atoms with E-state index >= 15 is 0 Å². The van der Waals surface area contributed by atoms with Gasteiger partial charge in [-0.3, -0.25) is 14.4 Å². The van der Waals surface area contributed by atoms with Crippen LogP contribution in [0.2, 0.25) is 0 Å². The van der Waals surface area contributed by atoms with Crippen LogP contribution in [0.3, 0.4) is 0 Å². The minimum absolute atomic E-state index is 0.0283. The highest BCUT2D eigenvalue weighted by molar-refractivity contribution is 5.90. The van der Waals surface area contributed by atoms with Gasteiger partial charge < -0.3 is 21.1 Å². The molecule has 1 rings (SSSR count). The van der Waals surface area contributed by atoms with Gasteiger partial charge in [-0.05, 0) is 45.7 Å². The van der Waals surface area contributed by atoms with Crippen molar-refractivity contribution < 1.29 is 19.1 Å². The largest absolute Gasteiger partial charge is 0.460 e. The number of esters is 1. The average Bonchev–Trinajstić information content (AvgIpc) is 2.65. The number of ether oxygens (including phenoxy) is 1. The van der Waals surface area contributed by atoms with Crippen LogP contribution in [0, 0.1) is 5.92 Å². The van der Waals surface area contributed by atoms with Crippen molar-refractivity contribution in [2.75, 3.05) is 13.6 Å². The van der Waals surface area contributed by atoms with Gasteiger partial charge in [0.05, 0.1) is 6.42 Å². The van der Waals surface area contributed by atoms with E-state index in [-0.39, 0.29) is 18.2 Å². The van der Waals surface area contributed by atoms with Gasteiger partial charge in [-0.25, -0.2) is 0 Å². The Hall–Kier alpha value is -2.41. The minimum Gasteiger partial charge on any atom is -0.460 e. The van der Waals surface area contributed by atoms with Gasteiger partial charge in [0, 0.05) is 19.4 Å². The van der Waals surface area contributed by atoms with Crippen molar-refractivity contribution in [2.45, 2.75) is 64.5 Å². The summed E-state index contributed by atoms with van der Waals surface area (Å²) in [6.07, 6.45) is 2.34. The van der Waals surface area contributed by atoms with Crippen molar-refractivity contribution in [1.29, 1.82) is 0 Å². The summed E-state index contributed by atoms with van der Waals surface area (Å²) in [6, 6.07) is 8.76. The zero-order valence-corrected chi connectivity index (χ0v) is 18.0. The first-order valence-electron chi connectivity index (χ1n) is 10.1. The Labute approximate surface area is 173 Å². The molecular formula is C22H35N3O4. The van der Waals surface area contributed by atoms with E-state index in [2.05, 4.69) is 10.6 Å². The fourth-order valence-corrected chi connectivity index (χ4v) is 2.97. The van der Waals surface area contributed by atoms with Gasteiger partial charge in [-0.1, -0.05) is 36.8 Å². The maximum atomic E-state index is 12.9. The zero-order valence-electron chi connectivity index (χ0n) is 18.0. The van der Waals surface area contributed by atoms with E-state index in [1.807, 2.05) is 30.3 Å². The second-order valence-corrected chi connectivity index (χ2v) is 8.14. The molecule has 0 aliphatic rings. The highest BCUT2D eigenvalue weighted by Gasteiger charge is 2.28. The van der Waals surface area contributed by atoms with E-state index in [4.69, 9.17) is 10.5 Å². The molecule has 0 saturated heterocycles. The minimum atomic E-state index is -0.717. The number of benzene rings is 1. The molecule has 0 aromatic heterocycles. The summed E-state index contributed by atoms with van der Waals surface area (Å²) < 4.78 is 5.37. The number of hydrogen-bond acceptors (Lipinski definition) is 5. The standard InChI is InChI=1S/C22H35N3O4/c1-22(2,3)29-19(26)15-17(12-8-9-13-23)20(27)25-18(21(28)24-4)14-16-10-6-5-7-11-16/h5-7,10-11,17-18H,8-9,12-15,23H2,1-4H3,(H,24,28)(H,25,27)/t17-,18+/m1/s1. The normalized spacial score (nSPS) is 13.3. The third-order valence-electron chi connectivity index (χ3n) is 4.37. The van der Waals surface area contributed by atoms with E-state index < -0.39 is 23.5 Å². The first kappa shape index (κ1) is 24.6. The van der Waals surface area contributed by atoms with Crippen molar-refractivity contribution >= 4 is 17.8 Å². The maximum absolute atomic E-state index is 12.9. The van der Waals surface area contributed by atoms with E-state index in [1.165, 1.54) is 7.05 Å². The molecule has 162 valence electrons. The maximum Gasteiger partial charge on any atom is 0.307 e. The molecule has 0 heterocycles. The number of carbonyl (C=O) groups is 3. The summed E-state index contributed by atoms with van der Waals surface area (Å²) in [4.78, 5) is 37.5. The lowest BCUT2D eigenvalue weighted by Gasteiger charge is -2.24. The molecule has 7 heteroatoms. The molecule has 4 N–H and O–H groups in total. The topological polar surface area (TPSA) is 111 Å². The summed E-state index contributed by atoms with van der Waals surface area (Å²) in [5, 5.41) is 5.41. The summed E-state index contributed by atoms with van der Waals surface area (Å²) in [7, 11) is 1.53. The Morgan fingerprint density at radius 2 is 1.72 bits per heavy atom. The molecular weight excluding hydrogens is 370 g/mol. The van der Waals surface area contributed by atoms with Crippen LogP contribution in [0.4, 0.5) is 0 Å². The third kappa shape index (κ3) is 10.1. The molecule has 29 heavy (non-hydrogen) atoms. The number of unbranched alkanes of at least 4 members (excludes halogenated alkanes) is 1. The Kier molecular flexibility index (Phi) is 10.4. The fraction of sp³-hybridized carbons (Fsp3) is 0.591. The lowest BCUT2D eigenvalue weighted by Crippen LogP contribution is -2.49. The van der Waals surface area contributed by atoms with Crippen molar-refractivity contribution in [2.24, 2.45) is 11.7 Å². The smallest absolute Gasteiger partial charge is 0.307 e. The van der Waals surface area contributed by atoms with Crippen molar-refractivity contribution in [1.82, 2.24) is 10.6 Å². The third-order valence-corrected chi connectivity index (χ3v) is 4.37. The number of nitrogens with one attached hydrogen (secondary N) is 2. The highest BCUT2D eigenvalue weighted by atomic mass is 16.6. The number of hydrogen-bond donors (Lipinski definition) is 3. The molecule has 0 bridgehead atoms. The zero-order chi connectivity index (χ0) is 21.9. The molecule has 2 amide bonds. The van der Waals surface area contributed by atoms with Gasteiger partial charge in [-0.15, -0.1) is 0 Å². The molecule has 2 atom stereocenters. The predicted octanol–water partition coefficient (Wildman–Crippen LogP) is 1.94. The van der Waals surface area contributed by atoms with Gasteiger partial charge >= 0.3 is 5.97 Å². The summed E-state index contributed by atoms with van der Waals surface area (Å²) in [5.41, 5.74) is 5.88. The van der Waals surface area contributed by atoms with Crippen LogP contribution in [0.5, 0.6) is 0 Å². The lowest BCUT2D eigenvalue weighted by molar-refractivity contribution is -0.157. The number of amides is 2. The molecule has 0 aliphatic heterocycles. The fourth-order valence-electron chi connectivity index (χ4n) is 2.97. The molecule has 1 aromatic carbocycles. The second-order valence-electron chi connectivity index (χ2n) is 8.14. The highest BCUT2D eigenvalue weighted by Crippen LogP contribution is 2.18. The summed E-state index contributed by atoms with van der Waals surface area (Å²) in [6.45, 7) is 5.89. The number of rotatable bonds is 11. The molecule has 0 unspecified atom stereocenters. The van der Waals surface area contributed by atoms with Crippen LogP contribution in [0.25, 0.3) is 0 Å². The molecule has 7 nitrogen and oxygen atoms in total. The van der Waals surface area contributed by atoms with E-state index in [9.17, 15) is 14.4 Å². The molecule has 0 spiro atoms. The molecule has 0 aliphatic carbocycles. The van der Waals surface area contributed by atoms with Crippen LogP contribution < -0.4 is 16.4 Å². The monoisotopic (exact) mass is 405 g/mol. The SMILES string of the molecule is CNC(=O)[C@H](Cc1ccccc1)NC(=O)[C@H](CCCCN)CC(=O)OC(C)(C)C. The van der Waals surface area contributed by atoms with Crippen LogP contribution in [-0.2, 0) is 25.5 Å². The Morgan fingerprint density at radius 3 is 2.28 bits per heavy atom. The number of carbonyl (C=O) groups excluding carboxylic acids is 3. The van der Waals surface area contributed by atoms with Crippen molar-refractivity contribution in [3.8, 4) is 0 Å². The van der Waals surface area contributed by atoms with Crippen molar-refractivity contribution in [3.05, 3.63) is 35.9 Å². The van der Waals surface area contributed by atoms with E-state index in [0.717, 1.165) is 18.4 Å². The van der Waals surface area contributed by atoms with Crippen LogP contribution in [-0.4, -0.2) is 43.0 Å². The number of nitrogens with two attached hydrogens (primary N) is 1. The quantitative estimate of drug-likeness (QED) is 0.385. The van der Waals surface area contributed by atoms with Gasteiger partial charge in [0.15, 0.2) is 0 Å². The van der Waals surface area contributed by atoms with Gasteiger partial charge in [0.2, 0.25) is 11.8 Å². The van der Waals surface area contributed by atoms with Crippen LogP contribution in [0.15, 0.2) is 30.3 Å². The van der Waals surface area contributed by atoms with Crippen molar-refractivity contribution in [3.63, 3.8) is 0 Å². The lowest BCUT2D eigenvalue weighted by atomic mass is 9.96. The summed E-state index contributed by atoms with van der Waals surface area (Å²) in [5.74, 6) is -1.60. The molecule has 0 radical (unpaired) electrons. The van der Waals surface area contributed by atoms with Gasteiger partial charge in [0.25, 0.3) is 0 Å². The first-order valence-corrected chi connectivity index (χ1v) is 10.1. The average molecular weight is 406 g/mol. The Morgan fingerprint density at radius 1 is 1.07 bits per heavy atom. The number of likely N-dealkylation sites (N-methyl/N-ethyl adjacent to an activating group) is 1. The van der Waals surface area contributed by atoms with E-state index in [1.54, 1.807) is 20.8 Å². The second kappa shape index (κ2) is 12.2. The van der Waals surface area contributed by atoms with Gasteiger partial charge in [0.1, 0.15) is 11.6 Å². The molecule has 0 saturated carbocycles. The predicted molar refractivity (Wildman–Crippen MR) is 113 cm³/mol. The summed E-state index contributed by atoms with van der Waals surface area (Å²) >= 11 is 0. The molecule has 0 fully saturated rings. The van der Waals surface area contributed by atoms with E-state index in [0.29, 0.717) is 19.4 Å². The first-order chi connectivity index (χ1) is 13.7. The van der Waals surface area contributed by atoms with Crippen LogP contribution in [0.1, 0.15) is 52.0 Å². The Bertz CT molecular complexity index is 656. The van der Waals surface area contributed by atoms with Gasteiger partial charge in [-0.2, -0.15) is 0 Å². The Balaban J connectivity index is 2.86. The van der Waals surface area contributed by atoms with Crippen LogP contribution >= 0.6 is 0 Å².